The largest absolute Gasteiger partial charge is 0.456 e. The van der Waals surface area contributed by atoms with Crippen molar-refractivity contribution in [1.29, 1.82) is 0 Å². The Bertz CT molecular complexity index is 2340. The van der Waals surface area contributed by atoms with Gasteiger partial charge in [0.1, 0.15) is 11.2 Å². The molecule has 1 aromatic heterocycles. The Hall–Kier alpha value is -6.26. The summed E-state index contributed by atoms with van der Waals surface area (Å²) >= 11 is 0. The first-order valence-corrected chi connectivity index (χ1v) is 15.4. The van der Waals surface area contributed by atoms with Crippen molar-refractivity contribution in [2.24, 2.45) is 0 Å². The minimum absolute atomic E-state index is 0.829. The first-order valence-electron chi connectivity index (χ1n) is 15.4. The van der Waals surface area contributed by atoms with Crippen molar-refractivity contribution in [2.75, 3.05) is 9.80 Å². The Morgan fingerprint density at radius 3 is 1.89 bits per heavy atom. The van der Waals surface area contributed by atoms with Gasteiger partial charge >= 0.3 is 0 Å². The van der Waals surface area contributed by atoms with Gasteiger partial charge in [-0.25, -0.2) is 0 Å². The Kier molecular flexibility index (Phi) is 6.10. The van der Waals surface area contributed by atoms with Crippen LogP contribution in [0.15, 0.2) is 174 Å². The van der Waals surface area contributed by atoms with Gasteiger partial charge in [0.15, 0.2) is 11.5 Å². The summed E-state index contributed by atoms with van der Waals surface area (Å²) in [4.78, 5) is 4.55. The van der Waals surface area contributed by atoms with Crippen LogP contribution in [-0.4, -0.2) is 0 Å². The van der Waals surface area contributed by atoms with Crippen LogP contribution < -0.4 is 14.5 Å². The topological polar surface area (TPSA) is 28.9 Å². The maximum Gasteiger partial charge on any atom is 0.152 e. The van der Waals surface area contributed by atoms with E-state index in [1.165, 1.54) is 0 Å². The number of para-hydroxylation sites is 5. The normalized spacial score (nSPS) is 12.0. The molecule has 2 heterocycles. The zero-order valence-electron chi connectivity index (χ0n) is 24.9. The molecule has 7 aromatic carbocycles. The molecule has 0 saturated carbocycles. The Morgan fingerprint density at radius 1 is 0.413 bits per heavy atom. The predicted molar refractivity (Wildman–Crippen MR) is 189 cm³/mol. The van der Waals surface area contributed by atoms with E-state index in [0.29, 0.717) is 0 Å². The van der Waals surface area contributed by atoms with Gasteiger partial charge in [-0.15, -0.1) is 0 Å². The molecular formula is C42H28N2O2. The van der Waals surface area contributed by atoms with Crippen LogP contribution in [0.25, 0.3) is 33.1 Å². The molecule has 0 fully saturated rings. The SMILES string of the molecule is c1ccc(N(c2ccc(-c3ccc4c(c3)Oc3ccccc3N4c3ccccc3)cc2)c2ccc3oc4ccccc4c3c2)cc1. The van der Waals surface area contributed by atoms with E-state index < -0.39 is 0 Å². The van der Waals surface area contributed by atoms with E-state index in [1.807, 2.05) is 42.5 Å². The van der Waals surface area contributed by atoms with E-state index in [1.54, 1.807) is 0 Å². The Morgan fingerprint density at radius 2 is 1.04 bits per heavy atom. The third-order valence-corrected chi connectivity index (χ3v) is 8.63. The van der Waals surface area contributed by atoms with Gasteiger partial charge in [-0.1, -0.05) is 84.9 Å². The lowest BCUT2D eigenvalue weighted by molar-refractivity contribution is 0.477. The number of anilines is 6. The number of nitrogens with zero attached hydrogens (tertiary/aromatic N) is 2. The zero-order valence-corrected chi connectivity index (χ0v) is 24.9. The molecule has 218 valence electrons. The zero-order chi connectivity index (χ0) is 30.5. The van der Waals surface area contributed by atoms with Gasteiger partial charge in [0.05, 0.1) is 11.4 Å². The summed E-state index contributed by atoms with van der Waals surface area (Å²) in [6, 6.07) is 58.9. The molecule has 0 atom stereocenters. The highest BCUT2D eigenvalue weighted by Crippen LogP contribution is 2.51. The minimum Gasteiger partial charge on any atom is -0.456 e. The third kappa shape index (κ3) is 4.39. The van der Waals surface area contributed by atoms with E-state index in [9.17, 15) is 0 Å². The maximum absolute atomic E-state index is 6.47. The molecule has 46 heavy (non-hydrogen) atoms. The number of rotatable bonds is 5. The summed E-state index contributed by atoms with van der Waals surface area (Å²) in [6.45, 7) is 0. The highest BCUT2D eigenvalue weighted by molar-refractivity contribution is 6.06. The molecule has 1 aliphatic heterocycles. The minimum atomic E-state index is 0.829. The lowest BCUT2D eigenvalue weighted by Crippen LogP contribution is -2.15. The summed E-state index contributed by atoms with van der Waals surface area (Å²) in [7, 11) is 0. The van der Waals surface area contributed by atoms with Crippen LogP contribution in [0.5, 0.6) is 11.5 Å². The maximum atomic E-state index is 6.47. The van der Waals surface area contributed by atoms with Gasteiger partial charge in [0, 0.05) is 33.5 Å². The number of hydrogen-bond acceptors (Lipinski definition) is 4. The number of ether oxygens (including phenoxy) is 1. The van der Waals surface area contributed by atoms with Crippen LogP contribution >= 0.6 is 0 Å². The molecule has 0 bridgehead atoms. The van der Waals surface area contributed by atoms with Crippen LogP contribution in [0.2, 0.25) is 0 Å². The van der Waals surface area contributed by atoms with Gasteiger partial charge in [-0.2, -0.15) is 0 Å². The molecule has 0 spiro atoms. The van der Waals surface area contributed by atoms with E-state index in [0.717, 1.165) is 78.7 Å². The van der Waals surface area contributed by atoms with Crippen LogP contribution in [0, 0.1) is 0 Å². The van der Waals surface area contributed by atoms with Crippen molar-refractivity contribution in [2.45, 2.75) is 0 Å². The van der Waals surface area contributed by atoms with Crippen molar-refractivity contribution < 1.29 is 9.15 Å². The molecule has 0 aliphatic carbocycles. The van der Waals surface area contributed by atoms with Gasteiger partial charge in [-0.05, 0) is 96.1 Å². The second kappa shape index (κ2) is 10.7. The van der Waals surface area contributed by atoms with E-state index in [2.05, 4.69) is 137 Å². The fourth-order valence-electron chi connectivity index (χ4n) is 6.47. The van der Waals surface area contributed by atoms with E-state index >= 15 is 0 Å². The molecule has 0 unspecified atom stereocenters. The Labute approximate surface area is 267 Å². The highest BCUT2D eigenvalue weighted by atomic mass is 16.5. The summed E-state index contributed by atoms with van der Waals surface area (Å²) in [6.07, 6.45) is 0. The van der Waals surface area contributed by atoms with Crippen molar-refractivity contribution in [3.63, 3.8) is 0 Å². The molecule has 0 saturated heterocycles. The molecule has 0 N–H and O–H groups in total. The molecular weight excluding hydrogens is 564 g/mol. The molecule has 0 radical (unpaired) electrons. The number of fused-ring (bicyclic) bond motifs is 5. The fraction of sp³-hybridized carbons (Fsp3) is 0. The van der Waals surface area contributed by atoms with Crippen molar-refractivity contribution in [3.8, 4) is 22.6 Å². The lowest BCUT2D eigenvalue weighted by Gasteiger charge is -2.33. The second-order valence-electron chi connectivity index (χ2n) is 11.4. The summed E-state index contributed by atoms with van der Waals surface area (Å²) in [5.74, 6) is 1.67. The molecule has 0 amide bonds. The molecule has 8 aromatic rings. The first kappa shape index (κ1) is 26.2. The van der Waals surface area contributed by atoms with Gasteiger partial charge in [0.25, 0.3) is 0 Å². The van der Waals surface area contributed by atoms with Crippen molar-refractivity contribution in [3.05, 3.63) is 170 Å². The van der Waals surface area contributed by atoms with Crippen LogP contribution in [0.4, 0.5) is 34.1 Å². The number of hydrogen-bond donors (Lipinski definition) is 0. The lowest BCUT2D eigenvalue weighted by atomic mass is 10.0. The van der Waals surface area contributed by atoms with E-state index in [-0.39, 0.29) is 0 Å². The number of furan rings is 1. The summed E-state index contributed by atoms with van der Waals surface area (Å²) in [5.41, 5.74) is 10.4. The summed E-state index contributed by atoms with van der Waals surface area (Å²) in [5, 5.41) is 2.22. The third-order valence-electron chi connectivity index (χ3n) is 8.63. The molecule has 4 heteroatoms. The predicted octanol–water partition coefficient (Wildman–Crippen LogP) is 12.3. The highest BCUT2D eigenvalue weighted by Gasteiger charge is 2.26. The quantitative estimate of drug-likeness (QED) is 0.199. The van der Waals surface area contributed by atoms with Crippen LogP contribution in [-0.2, 0) is 0 Å². The van der Waals surface area contributed by atoms with Crippen LogP contribution in [0.3, 0.4) is 0 Å². The van der Waals surface area contributed by atoms with Crippen molar-refractivity contribution >= 4 is 56.1 Å². The average Bonchev–Trinajstić information content (AvgIpc) is 3.50. The van der Waals surface area contributed by atoms with Gasteiger partial charge in [-0.3, -0.25) is 0 Å². The summed E-state index contributed by atoms with van der Waals surface area (Å²) < 4.78 is 12.6. The molecule has 9 rings (SSSR count). The van der Waals surface area contributed by atoms with Gasteiger partial charge in [0.2, 0.25) is 0 Å². The van der Waals surface area contributed by atoms with Crippen LogP contribution in [0.1, 0.15) is 0 Å². The van der Waals surface area contributed by atoms with Crippen molar-refractivity contribution in [1.82, 2.24) is 0 Å². The van der Waals surface area contributed by atoms with E-state index in [4.69, 9.17) is 9.15 Å². The standard InChI is InChI=1S/C42H28N2O2/c1-3-11-31(12-4-1)43(34-24-26-40-36(28-34)35-15-7-9-17-39(35)45-40)33-22-19-29(20-23-33)30-21-25-38-42(27-30)46-41-18-10-8-16-37(41)44(38)32-13-5-2-6-14-32/h1-28H. The monoisotopic (exact) mass is 592 g/mol. The second-order valence-corrected chi connectivity index (χ2v) is 11.4. The fourth-order valence-corrected chi connectivity index (χ4v) is 6.47. The molecule has 1 aliphatic rings. The smallest absolute Gasteiger partial charge is 0.152 e. The molecule has 4 nitrogen and oxygen atoms in total. The first-order chi connectivity index (χ1) is 22.8. The average molecular weight is 593 g/mol. The Balaban J connectivity index is 1.10. The van der Waals surface area contributed by atoms with Gasteiger partial charge < -0.3 is 19.0 Å². The number of benzene rings is 7.